The molecule has 0 saturated carbocycles. The molecule has 96 valence electrons. The first-order chi connectivity index (χ1) is 9.26. The summed E-state index contributed by atoms with van der Waals surface area (Å²) in [6, 6.07) is 15.6. The molecule has 2 rings (SSSR count). The van der Waals surface area contributed by atoms with Crippen molar-refractivity contribution in [2.75, 3.05) is 0 Å². The molecule has 2 aromatic carbocycles. The molecule has 0 N–H and O–H groups in total. The van der Waals surface area contributed by atoms with Crippen molar-refractivity contribution in [1.29, 1.82) is 5.26 Å². The number of nitriles is 1. The first-order valence-corrected chi connectivity index (χ1v) is 7.62. The zero-order valence-electron chi connectivity index (χ0n) is 10.1. The lowest BCUT2D eigenvalue weighted by atomic mass is 10.1. The standard InChI is InChI=1S/C15H11Br2NO/c16-8-11-6-3-7-14(17)15(11)19-10-13-5-2-1-4-12(13)9-18/h1-7H,8,10H2. The van der Waals surface area contributed by atoms with Gasteiger partial charge in [-0.1, -0.05) is 46.3 Å². The van der Waals surface area contributed by atoms with E-state index in [0.29, 0.717) is 12.2 Å². The van der Waals surface area contributed by atoms with Gasteiger partial charge in [0.2, 0.25) is 0 Å². The quantitative estimate of drug-likeness (QED) is 0.714. The molecule has 0 heterocycles. The third kappa shape index (κ3) is 3.37. The molecule has 0 aliphatic rings. The monoisotopic (exact) mass is 379 g/mol. The van der Waals surface area contributed by atoms with Gasteiger partial charge in [0, 0.05) is 16.5 Å². The topological polar surface area (TPSA) is 33.0 Å². The zero-order valence-corrected chi connectivity index (χ0v) is 13.2. The van der Waals surface area contributed by atoms with Crippen LogP contribution >= 0.6 is 31.9 Å². The van der Waals surface area contributed by atoms with Gasteiger partial charge in [-0.25, -0.2) is 0 Å². The predicted molar refractivity (Wildman–Crippen MR) is 82.3 cm³/mol. The average Bonchev–Trinajstić information content (AvgIpc) is 2.46. The van der Waals surface area contributed by atoms with Gasteiger partial charge in [-0.3, -0.25) is 0 Å². The van der Waals surface area contributed by atoms with Crippen LogP contribution in [-0.4, -0.2) is 0 Å². The van der Waals surface area contributed by atoms with Crippen LogP contribution in [0.25, 0.3) is 0 Å². The largest absolute Gasteiger partial charge is 0.487 e. The highest BCUT2D eigenvalue weighted by Gasteiger charge is 2.08. The molecule has 0 amide bonds. The Bertz CT molecular complexity index is 620. The number of rotatable bonds is 4. The summed E-state index contributed by atoms with van der Waals surface area (Å²) in [7, 11) is 0. The lowest BCUT2D eigenvalue weighted by Gasteiger charge is -2.12. The van der Waals surface area contributed by atoms with E-state index in [2.05, 4.69) is 37.9 Å². The smallest absolute Gasteiger partial charge is 0.138 e. The van der Waals surface area contributed by atoms with Crippen molar-refractivity contribution in [2.24, 2.45) is 0 Å². The van der Waals surface area contributed by atoms with Crippen molar-refractivity contribution in [3.8, 4) is 11.8 Å². The van der Waals surface area contributed by atoms with Gasteiger partial charge in [-0.2, -0.15) is 5.26 Å². The normalized spacial score (nSPS) is 9.95. The van der Waals surface area contributed by atoms with Crippen LogP contribution in [0.5, 0.6) is 5.75 Å². The fourth-order valence-corrected chi connectivity index (χ4v) is 2.69. The maximum absolute atomic E-state index is 9.05. The molecule has 0 aromatic heterocycles. The molecule has 0 unspecified atom stereocenters. The second kappa shape index (κ2) is 6.74. The van der Waals surface area contributed by atoms with Crippen molar-refractivity contribution in [2.45, 2.75) is 11.9 Å². The number of hydrogen-bond acceptors (Lipinski definition) is 2. The van der Waals surface area contributed by atoms with Crippen molar-refractivity contribution in [1.82, 2.24) is 0 Å². The number of hydrogen-bond donors (Lipinski definition) is 0. The van der Waals surface area contributed by atoms with Gasteiger partial charge in [0.05, 0.1) is 16.1 Å². The van der Waals surface area contributed by atoms with E-state index in [-0.39, 0.29) is 0 Å². The van der Waals surface area contributed by atoms with Crippen LogP contribution in [0, 0.1) is 11.3 Å². The summed E-state index contributed by atoms with van der Waals surface area (Å²) in [6.45, 7) is 0.381. The molecule has 0 aliphatic heterocycles. The first-order valence-electron chi connectivity index (χ1n) is 5.70. The van der Waals surface area contributed by atoms with Crippen LogP contribution < -0.4 is 4.74 Å². The van der Waals surface area contributed by atoms with Crippen molar-refractivity contribution >= 4 is 31.9 Å². The minimum Gasteiger partial charge on any atom is -0.487 e. The van der Waals surface area contributed by atoms with E-state index in [1.807, 2.05) is 36.4 Å². The SMILES string of the molecule is N#Cc1ccccc1COc1c(Br)cccc1CBr. The molecule has 4 heteroatoms. The highest BCUT2D eigenvalue weighted by molar-refractivity contribution is 9.10. The van der Waals surface area contributed by atoms with E-state index < -0.39 is 0 Å². The Hall–Kier alpha value is -1.31. The van der Waals surface area contributed by atoms with Gasteiger partial charge in [-0.05, 0) is 28.1 Å². The minimum atomic E-state index is 0.381. The van der Waals surface area contributed by atoms with Crippen LogP contribution in [0.1, 0.15) is 16.7 Å². The average molecular weight is 381 g/mol. The van der Waals surface area contributed by atoms with E-state index in [1.54, 1.807) is 6.07 Å². The van der Waals surface area contributed by atoms with Gasteiger partial charge >= 0.3 is 0 Å². The Kier molecular flexibility index (Phi) is 5.00. The molecule has 2 nitrogen and oxygen atoms in total. The lowest BCUT2D eigenvalue weighted by molar-refractivity contribution is 0.301. The molecule has 0 atom stereocenters. The highest BCUT2D eigenvalue weighted by atomic mass is 79.9. The van der Waals surface area contributed by atoms with Crippen molar-refractivity contribution in [3.05, 3.63) is 63.6 Å². The summed E-state index contributed by atoms with van der Waals surface area (Å²) in [5.41, 5.74) is 2.61. The molecule has 0 aliphatic carbocycles. The number of halogens is 2. The molecule has 19 heavy (non-hydrogen) atoms. The summed E-state index contributed by atoms with van der Waals surface area (Å²) < 4.78 is 6.78. The van der Waals surface area contributed by atoms with Gasteiger partial charge in [0.1, 0.15) is 12.4 Å². The summed E-state index contributed by atoms with van der Waals surface area (Å²) >= 11 is 6.93. The third-order valence-electron chi connectivity index (χ3n) is 2.70. The highest BCUT2D eigenvalue weighted by Crippen LogP contribution is 2.31. The Balaban J connectivity index is 2.22. The summed E-state index contributed by atoms with van der Waals surface area (Å²) in [4.78, 5) is 0. The maximum Gasteiger partial charge on any atom is 0.138 e. The van der Waals surface area contributed by atoms with E-state index in [4.69, 9.17) is 10.00 Å². The lowest BCUT2D eigenvalue weighted by Crippen LogP contribution is -2.00. The summed E-state index contributed by atoms with van der Waals surface area (Å²) in [5.74, 6) is 0.812. The molecule has 2 aromatic rings. The van der Waals surface area contributed by atoms with Crippen molar-refractivity contribution < 1.29 is 4.74 Å². The third-order valence-corrected chi connectivity index (χ3v) is 3.93. The molecule has 0 bridgehead atoms. The summed E-state index contributed by atoms with van der Waals surface area (Å²) in [5, 5.41) is 9.77. The van der Waals surface area contributed by atoms with E-state index >= 15 is 0 Å². The number of benzene rings is 2. The molecular weight excluding hydrogens is 370 g/mol. The number of para-hydroxylation sites is 1. The van der Waals surface area contributed by atoms with Crippen LogP contribution in [0.2, 0.25) is 0 Å². The first kappa shape index (κ1) is 14.1. The van der Waals surface area contributed by atoms with E-state index in [0.717, 1.165) is 26.7 Å². The zero-order chi connectivity index (χ0) is 13.7. The van der Waals surface area contributed by atoms with Gasteiger partial charge in [-0.15, -0.1) is 0 Å². The fraction of sp³-hybridized carbons (Fsp3) is 0.133. The fourth-order valence-electron chi connectivity index (χ4n) is 1.73. The summed E-state index contributed by atoms with van der Waals surface area (Å²) in [6.07, 6.45) is 0. The van der Waals surface area contributed by atoms with E-state index in [9.17, 15) is 0 Å². The Labute approximate surface area is 129 Å². The van der Waals surface area contributed by atoms with E-state index in [1.165, 1.54) is 0 Å². The second-order valence-electron chi connectivity index (χ2n) is 3.92. The number of ether oxygens (including phenoxy) is 1. The van der Waals surface area contributed by atoms with Crippen LogP contribution in [0.3, 0.4) is 0 Å². The molecule has 0 saturated heterocycles. The Morgan fingerprint density at radius 3 is 2.53 bits per heavy atom. The molecule has 0 radical (unpaired) electrons. The number of nitrogens with zero attached hydrogens (tertiary/aromatic N) is 1. The van der Waals surface area contributed by atoms with Gasteiger partial charge in [0.25, 0.3) is 0 Å². The van der Waals surface area contributed by atoms with Gasteiger partial charge < -0.3 is 4.74 Å². The Morgan fingerprint density at radius 2 is 1.79 bits per heavy atom. The number of alkyl halides is 1. The second-order valence-corrected chi connectivity index (χ2v) is 5.33. The van der Waals surface area contributed by atoms with Crippen LogP contribution in [0.4, 0.5) is 0 Å². The van der Waals surface area contributed by atoms with Crippen LogP contribution in [-0.2, 0) is 11.9 Å². The Morgan fingerprint density at radius 1 is 1.05 bits per heavy atom. The molecule has 0 spiro atoms. The van der Waals surface area contributed by atoms with Gasteiger partial charge in [0.15, 0.2) is 0 Å². The maximum atomic E-state index is 9.05. The van der Waals surface area contributed by atoms with Crippen molar-refractivity contribution in [3.63, 3.8) is 0 Å². The van der Waals surface area contributed by atoms with Crippen LogP contribution in [0.15, 0.2) is 46.9 Å². The molecular formula is C15H11Br2NO. The minimum absolute atomic E-state index is 0.381. The predicted octanol–water partition coefficient (Wildman–Crippen LogP) is 4.79. The molecule has 0 fully saturated rings.